The van der Waals surface area contributed by atoms with Crippen molar-refractivity contribution in [3.63, 3.8) is 0 Å². The quantitative estimate of drug-likeness (QED) is 0.292. The zero-order valence-electron chi connectivity index (χ0n) is 16.3. The molecule has 1 N–H and O–H groups in total. The number of benzene rings is 3. The Bertz CT molecular complexity index is 1250. The fraction of sp³-hybridized carbons (Fsp3) is 0. The summed E-state index contributed by atoms with van der Waals surface area (Å²) in [6.45, 7) is 0. The molecule has 0 fully saturated rings. The lowest BCUT2D eigenvalue weighted by molar-refractivity contribution is -0.384. The minimum absolute atomic E-state index is 0.148. The molecule has 0 saturated heterocycles. The summed E-state index contributed by atoms with van der Waals surface area (Å²) in [7, 11) is 0. The highest BCUT2D eigenvalue weighted by atomic mass is 16.6. The molecule has 4 rings (SSSR count). The highest BCUT2D eigenvalue weighted by Gasteiger charge is 2.12. The van der Waals surface area contributed by atoms with Crippen molar-refractivity contribution in [2.75, 3.05) is 0 Å². The topological polar surface area (TPSA) is 102 Å². The van der Waals surface area contributed by atoms with Crippen LogP contribution in [0.4, 0.5) is 5.69 Å². The smallest absolute Gasteiger partial charge is 0.267 e. The monoisotopic (exact) mass is 411 g/mol. The van der Waals surface area contributed by atoms with Crippen LogP contribution in [0.5, 0.6) is 0 Å². The van der Waals surface area contributed by atoms with E-state index < -0.39 is 10.8 Å². The molecule has 3 aromatic carbocycles. The lowest BCUT2D eigenvalue weighted by atomic mass is 10.1. The first-order valence-electron chi connectivity index (χ1n) is 9.40. The highest BCUT2D eigenvalue weighted by molar-refractivity contribution is 5.96. The standard InChI is InChI=1S/C23H17N5O3/c29-23(18-10-7-13-21(14-18)28(30)31)25-24-15-19-16-27(20-11-5-2-6-12-20)26-22(19)17-8-3-1-4-9-17/h1-16H,(H,25,29)/b24-15+. The molecule has 0 spiro atoms. The van der Waals surface area contributed by atoms with E-state index in [-0.39, 0.29) is 11.3 Å². The number of para-hydroxylation sites is 1. The van der Waals surface area contributed by atoms with Crippen LogP contribution in [0.3, 0.4) is 0 Å². The number of amides is 1. The second-order valence-electron chi connectivity index (χ2n) is 6.59. The average Bonchev–Trinajstić information content (AvgIpc) is 3.24. The van der Waals surface area contributed by atoms with Crippen LogP contribution < -0.4 is 5.43 Å². The molecule has 1 amide bonds. The molecule has 8 heteroatoms. The number of carbonyl (C=O) groups is 1. The number of carbonyl (C=O) groups excluding carboxylic acids is 1. The van der Waals surface area contributed by atoms with Gasteiger partial charge in [0, 0.05) is 35.0 Å². The SMILES string of the molecule is O=C(N/N=C/c1cn(-c2ccccc2)nc1-c1ccccc1)c1cccc([N+](=O)[O-])c1. The molecule has 1 heterocycles. The maximum Gasteiger partial charge on any atom is 0.271 e. The number of nitro benzene ring substituents is 1. The summed E-state index contributed by atoms with van der Waals surface area (Å²) in [5, 5.41) is 19.6. The van der Waals surface area contributed by atoms with Gasteiger partial charge in [-0.3, -0.25) is 14.9 Å². The van der Waals surface area contributed by atoms with E-state index in [2.05, 4.69) is 15.6 Å². The summed E-state index contributed by atoms with van der Waals surface area (Å²) in [5.74, 6) is -0.545. The molecule has 1 aromatic heterocycles. The van der Waals surface area contributed by atoms with Crippen molar-refractivity contribution in [3.8, 4) is 16.9 Å². The van der Waals surface area contributed by atoms with Crippen molar-refractivity contribution in [1.29, 1.82) is 0 Å². The van der Waals surface area contributed by atoms with Gasteiger partial charge in [0.1, 0.15) is 5.69 Å². The Morgan fingerprint density at radius 2 is 1.71 bits per heavy atom. The van der Waals surface area contributed by atoms with E-state index in [9.17, 15) is 14.9 Å². The maximum absolute atomic E-state index is 12.3. The van der Waals surface area contributed by atoms with E-state index in [1.54, 1.807) is 4.68 Å². The van der Waals surface area contributed by atoms with Crippen molar-refractivity contribution in [2.24, 2.45) is 5.10 Å². The van der Waals surface area contributed by atoms with Crippen molar-refractivity contribution >= 4 is 17.8 Å². The van der Waals surface area contributed by atoms with Crippen LogP contribution in [0, 0.1) is 10.1 Å². The summed E-state index contributed by atoms with van der Waals surface area (Å²) in [4.78, 5) is 22.7. The van der Waals surface area contributed by atoms with Gasteiger partial charge in [-0.05, 0) is 18.2 Å². The molecule has 0 radical (unpaired) electrons. The van der Waals surface area contributed by atoms with Gasteiger partial charge in [-0.2, -0.15) is 10.2 Å². The first-order chi connectivity index (χ1) is 15.1. The fourth-order valence-electron chi connectivity index (χ4n) is 3.00. The number of hydrogen-bond acceptors (Lipinski definition) is 5. The van der Waals surface area contributed by atoms with Gasteiger partial charge in [0.05, 0.1) is 16.8 Å². The second-order valence-corrected chi connectivity index (χ2v) is 6.59. The van der Waals surface area contributed by atoms with Gasteiger partial charge < -0.3 is 0 Å². The molecular weight excluding hydrogens is 394 g/mol. The summed E-state index contributed by atoms with van der Waals surface area (Å²) in [6, 6.07) is 24.8. The Morgan fingerprint density at radius 3 is 2.42 bits per heavy atom. The summed E-state index contributed by atoms with van der Waals surface area (Å²) >= 11 is 0. The molecule has 0 bridgehead atoms. The Morgan fingerprint density at radius 1 is 1.00 bits per heavy atom. The van der Waals surface area contributed by atoms with E-state index in [0.717, 1.165) is 11.3 Å². The molecule has 0 atom stereocenters. The first-order valence-corrected chi connectivity index (χ1v) is 9.40. The normalized spacial score (nSPS) is 10.8. The van der Waals surface area contributed by atoms with Crippen LogP contribution in [-0.2, 0) is 0 Å². The number of nitro groups is 1. The van der Waals surface area contributed by atoms with Gasteiger partial charge in [-0.15, -0.1) is 0 Å². The number of non-ortho nitro benzene ring substituents is 1. The average molecular weight is 411 g/mol. The third kappa shape index (κ3) is 4.54. The largest absolute Gasteiger partial charge is 0.271 e. The summed E-state index contributed by atoms with van der Waals surface area (Å²) in [5.41, 5.74) is 5.60. The molecule has 0 unspecified atom stereocenters. The van der Waals surface area contributed by atoms with E-state index in [1.165, 1.54) is 30.5 Å². The summed E-state index contributed by atoms with van der Waals surface area (Å²) in [6.07, 6.45) is 3.32. The van der Waals surface area contributed by atoms with Gasteiger partial charge in [0.2, 0.25) is 0 Å². The van der Waals surface area contributed by atoms with E-state index >= 15 is 0 Å². The number of nitrogens with zero attached hydrogens (tertiary/aromatic N) is 4. The number of hydrazone groups is 1. The van der Waals surface area contributed by atoms with Crippen LogP contribution in [-0.4, -0.2) is 26.8 Å². The molecule has 152 valence electrons. The molecule has 0 aliphatic carbocycles. The molecular formula is C23H17N5O3. The maximum atomic E-state index is 12.3. The lowest BCUT2D eigenvalue weighted by Gasteiger charge is -2.00. The second kappa shape index (κ2) is 8.83. The van der Waals surface area contributed by atoms with Gasteiger partial charge in [-0.25, -0.2) is 10.1 Å². The Hall–Kier alpha value is -4.59. The van der Waals surface area contributed by atoms with Crippen LogP contribution in [0.25, 0.3) is 16.9 Å². The van der Waals surface area contributed by atoms with Crippen molar-refractivity contribution < 1.29 is 9.72 Å². The minimum atomic E-state index is -0.551. The number of nitrogens with one attached hydrogen (secondary N) is 1. The lowest BCUT2D eigenvalue weighted by Crippen LogP contribution is -2.17. The molecule has 8 nitrogen and oxygen atoms in total. The third-order valence-corrected chi connectivity index (χ3v) is 4.50. The Balaban J connectivity index is 1.60. The molecule has 31 heavy (non-hydrogen) atoms. The minimum Gasteiger partial charge on any atom is -0.267 e. The molecule has 4 aromatic rings. The van der Waals surface area contributed by atoms with Crippen molar-refractivity contribution in [2.45, 2.75) is 0 Å². The summed E-state index contributed by atoms with van der Waals surface area (Å²) < 4.78 is 1.74. The van der Waals surface area contributed by atoms with Gasteiger partial charge >= 0.3 is 0 Å². The van der Waals surface area contributed by atoms with E-state index in [0.29, 0.717) is 11.3 Å². The Labute approximate surface area is 177 Å². The van der Waals surface area contributed by atoms with Crippen LogP contribution >= 0.6 is 0 Å². The number of hydrogen-bond donors (Lipinski definition) is 1. The zero-order valence-corrected chi connectivity index (χ0v) is 16.3. The fourth-order valence-corrected chi connectivity index (χ4v) is 3.00. The van der Waals surface area contributed by atoms with Gasteiger partial charge in [-0.1, -0.05) is 54.6 Å². The Kier molecular flexibility index (Phi) is 5.62. The van der Waals surface area contributed by atoms with Gasteiger partial charge in [0.15, 0.2) is 0 Å². The number of aromatic nitrogens is 2. The molecule has 0 saturated carbocycles. The first kappa shape index (κ1) is 19.7. The highest BCUT2D eigenvalue weighted by Crippen LogP contribution is 2.22. The number of rotatable bonds is 6. The van der Waals surface area contributed by atoms with Crippen LogP contribution in [0.1, 0.15) is 15.9 Å². The van der Waals surface area contributed by atoms with Crippen LogP contribution in [0.15, 0.2) is 96.2 Å². The van der Waals surface area contributed by atoms with Crippen LogP contribution in [0.2, 0.25) is 0 Å². The van der Waals surface area contributed by atoms with E-state index in [4.69, 9.17) is 0 Å². The van der Waals surface area contributed by atoms with Crippen molar-refractivity contribution in [1.82, 2.24) is 15.2 Å². The predicted octanol–water partition coefficient (Wildman–Crippen LogP) is 4.21. The third-order valence-electron chi connectivity index (χ3n) is 4.50. The molecule has 0 aliphatic rings. The zero-order chi connectivity index (χ0) is 21.6. The van der Waals surface area contributed by atoms with E-state index in [1.807, 2.05) is 66.9 Å². The van der Waals surface area contributed by atoms with Gasteiger partial charge in [0.25, 0.3) is 11.6 Å². The predicted molar refractivity (Wildman–Crippen MR) is 117 cm³/mol. The molecule has 0 aliphatic heterocycles. The van der Waals surface area contributed by atoms with Crippen molar-refractivity contribution in [3.05, 3.63) is 112 Å².